The Hall–Kier alpha value is -3.48. The highest BCUT2D eigenvalue weighted by molar-refractivity contribution is 5.71. The average Bonchev–Trinajstić information content (AvgIpc) is 3.26. The minimum Gasteiger partial charge on any atom is -0.463 e. The van der Waals surface area contributed by atoms with Gasteiger partial charge in [0.1, 0.15) is 19.0 Å². The van der Waals surface area contributed by atoms with E-state index in [1.54, 1.807) is 0 Å². The molecule has 2 N–H and O–H groups in total. The predicted octanol–water partition coefficient (Wildman–Crippen LogP) is 0.511. The van der Waals surface area contributed by atoms with Gasteiger partial charge in [-0.2, -0.15) is 4.98 Å². The van der Waals surface area contributed by atoms with Crippen LogP contribution >= 0.6 is 0 Å². The predicted molar refractivity (Wildman–Crippen MR) is 113 cm³/mol. The molecule has 0 saturated carbocycles. The third kappa shape index (κ3) is 5.66. The summed E-state index contributed by atoms with van der Waals surface area (Å²) in [7, 11) is 0. The van der Waals surface area contributed by atoms with Crippen LogP contribution < -0.4 is 10.9 Å². The first-order valence-corrected chi connectivity index (χ1v) is 10.4. The molecule has 0 spiro atoms. The van der Waals surface area contributed by atoms with E-state index in [-0.39, 0.29) is 23.7 Å². The largest absolute Gasteiger partial charge is 0.463 e. The van der Waals surface area contributed by atoms with Crippen molar-refractivity contribution in [3.8, 4) is 0 Å². The molecule has 2 aromatic heterocycles. The maximum atomic E-state index is 12.9. The second-order valence-electron chi connectivity index (χ2n) is 8.03. The monoisotopic (exact) mass is 465 g/mol. The van der Waals surface area contributed by atoms with E-state index in [2.05, 4.69) is 20.3 Å². The van der Waals surface area contributed by atoms with Gasteiger partial charge in [0.25, 0.3) is 5.56 Å². The maximum absolute atomic E-state index is 12.9. The fourth-order valence-corrected chi connectivity index (χ4v) is 3.45. The number of hydrogen-bond acceptors (Lipinski definition) is 11. The highest BCUT2D eigenvalue weighted by Crippen LogP contribution is 2.35. The summed E-state index contributed by atoms with van der Waals surface area (Å²) < 4.78 is 23.1. The molecule has 0 radical (unpaired) electrons. The fourth-order valence-electron chi connectivity index (χ4n) is 3.45. The van der Waals surface area contributed by atoms with Gasteiger partial charge in [-0.3, -0.25) is 28.7 Å². The number of fused-ring (bicyclic) bond motifs is 1. The molecule has 13 heteroatoms. The number of hydrogen-bond donors (Lipinski definition) is 2. The molecule has 0 bridgehead atoms. The Balaban J connectivity index is 2.00. The summed E-state index contributed by atoms with van der Waals surface area (Å²) in [6.07, 6.45) is -2.96. The molecule has 1 aliphatic heterocycles. The lowest BCUT2D eigenvalue weighted by Gasteiger charge is -2.23. The Labute approximate surface area is 188 Å². The lowest BCUT2D eigenvalue weighted by molar-refractivity contribution is -0.166. The van der Waals surface area contributed by atoms with Gasteiger partial charge in [0.05, 0.1) is 0 Å². The topological polar surface area (TPSA) is 164 Å². The van der Waals surface area contributed by atoms with E-state index in [1.165, 1.54) is 31.7 Å². The number of carbonyl (C=O) groups excluding carboxylic acids is 3. The van der Waals surface area contributed by atoms with Crippen LogP contribution in [-0.2, 0) is 33.3 Å². The van der Waals surface area contributed by atoms with Crippen molar-refractivity contribution in [1.82, 2.24) is 19.5 Å². The van der Waals surface area contributed by atoms with Crippen molar-refractivity contribution in [3.63, 3.8) is 0 Å². The number of H-pyrrole nitrogens is 1. The van der Waals surface area contributed by atoms with Crippen molar-refractivity contribution < 1.29 is 33.3 Å². The summed E-state index contributed by atoms with van der Waals surface area (Å²) >= 11 is 0. The molecule has 0 unspecified atom stereocenters. The van der Waals surface area contributed by atoms with E-state index < -0.39 is 48.0 Å². The molecule has 0 amide bonds. The van der Waals surface area contributed by atoms with Gasteiger partial charge in [-0.05, 0) is 5.92 Å². The van der Waals surface area contributed by atoms with Gasteiger partial charge in [-0.15, -0.1) is 0 Å². The number of nitrogens with zero attached hydrogens (tertiary/aromatic N) is 3. The number of imidazole rings is 1. The molecular formula is C20H27N5O8. The maximum Gasteiger partial charge on any atom is 0.303 e. The van der Waals surface area contributed by atoms with Crippen LogP contribution in [-0.4, -0.2) is 68.9 Å². The molecule has 3 rings (SSSR count). The second-order valence-corrected chi connectivity index (χ2v) is 8.03. The molecular weight excluding hydrogens is 438 g/mol. The van der Waals surface area contributed by atoms with Gasteiger partial charge in [-0.25, -0.2) is 4.98 Å². The number of aromatic nitrogens is 4. The van der Waals surface area contributed by atoms with Crippen LogP contribution in [0, 0.1) is 5.92 Å². The Bertz CT molecular complexity index is 1090. The molecule has 13 nitrogen and oxygen atoms in total. The lowest BCUT2D eigenvalue weighted by atomic mass is 10.1. The van der Waals surface area contributed by atoms with Crippen molar-refractivity contribution in [1.29, 1.82) is 0 Å². The van der Waals surface area contributed by atoms with Crippen molar-refractivity contribution >= 4 is 35.0 Å². The van der Waals surface area contributed by atoms with E-state index in [4.69, 9.17) is 18.9 Å². The summed E-state index contributed by atoms with van der Waals surface area (Å²) in [6.45, 7) is 7.95. The van der Waals surface area contributed by atoms with Crippen molar-refractivity contribution in [3.05, 3.63) is 16.7 Å². The van der Waals surface area contributed by atoms with E-state index in [0.717, 1.165) is 0 Å². The summed E-state index contributed by atoms with van der Waals surface area (Å²) in [5.74, 6) is -1.28. The van der Waals surface area contributed by atoms with Crippen LogP contribution in [0.15, 0.2) is 11.1 Å². The molecule has 33 heavy (non-hydrogen) atoms. The van der Waals surface area contributed by atoms with Crippen LogP contribution in [0.2, 0.25) is 0 Å². The van der Waals surface area contributed by atoms with Crippen LogP contribution in [0.1, 0.15) is 40.8 Å². The van der Waals surface area contributed by atoms with Gasteiger partial charge >= 0.3 is 17.9 Å². The minimum absolute atomic E-state index is 0.0713. The molecule has 3 heterocycles. The van der Waals surface area contributed by atoms with Crippen molar-refractivity contribution in [2.24, 2.45) is 5.92 Å². The number of aromatic amines is 1. The standard InChI is InChI=1S/C20H27N5O8/c1-9(2)6-21-20-23-17-14(18(29)24-20)25(8-22-17)19-16(32-12(5)28)15(31-11(4)27)13(33-19)7-30-10(3)26/h8-9,13,15-16,19H,6-7H2,1-5H3,(H2,21,23,24,29)/t13-,15-,16+,19+/m0/s1. The van der Waals surface area contributed by atoms with E-state index in [9.17, 15) is 19.2 Å². The lowest BCUT2D eigenvalue weighted by Crippen LogP contribution is -2.40. The van der Waals surface area contributed by atoms with Crippen LogP contribution in [0.25, 0.3) is 11.2 Å². The molecule has 4 atom stereocenters. The zero-order valence-electron chi connectivity index (χ0n) is 19.0. The Morgan fingerprint density at radius 1 is 1.15 bits per heavy atom. The van der Waals surface area contributed by atoms with Gasteiger partial charge in [-0.1, -0.05) is 13.8 Å². The highest BCUT2D eigenvalue weighted by atomic mass is 16.7. The molecule has 0 aliphatic carbocycles. The zero-order chi connectivity index (χ0) is 24.3. The average molecular weight is 465 g/mol. The Morgan fingerprint density at radius 3 is 2.42 bits per heavy atom. The third-order valence-corrected chi connectivity index (χ3v) is 4.73. The minimum atomic E-state index is -1.14. The highest BCUT2D eigenvalue weighted by Gasteiger charge is 2.51. The molecule has 1 aliphatic rings. The number of anilines is 1. The fraction of sp³-hybridized carbons (Fsp3) is 0.600. The van der Waals surface area contributed by atoms with Crippen LogP contribution in [0.5, 0.6) is 0 Å². The quantitative estimate of drug-likeness (QED) is 0.412. The smallest absolute Gasteiger partial charge is 0.303 e. The number of ether oxygens (including phenoxy) is 4. The van der Waals surface area contributed by atoms with E-state index >= 15 is 0 Å². The van der Waals surface area contributed by atoms with Crippen molar-refractivity contribution in [2.75, 3.05) is 18.5 Å². The summed E-state index contributed by atoms with van der Waals surface area (Å²) in [5, 5.41) is 3.03. The van der Waals surface area contributed by atoms with Gasteiger partial charge < -0.3 is 24.3 Å². The summed E-state index contributed by atoms with van der Waals surface area (Å²) in [4.78, 5) is 58.8. The summed E-state index contributed by atoms with van der Waals surface area (Å²) in [5.41, 5.74) is -0.286. The van der Waals surface area contributed by atoms with E-state index in [0.29, 0.717) is 12.5 Å². The molecule has 180 valence electrons. The molecule has 2 aromatic rings. The van der Waals surface area contributed by atoms with Crippen LogP contribution in [0.4, 0.5) is 5.95 Å². The molecule has 1 fully saturated rings. The number of carbonyl (C=O) groups is 3. The second kappa shape index (κ2) is 9.98. The first-order chi connectivity index (χ1) is 15.6. The molecule has 0 aromatic carbocycles. The zero-order valence-corrected chi connectivity index (χ0v) is 19.0. The number of esters is 3. The first kappa shape index (κ1) is 24.2. The normalized spacial score (nSPS) is 22.4. The SMILES string of the molecule is CC(=O)OC[C@@H]1O[C@@H](n2cnc3nc(NCC(C)C)[nH]c(=O)c32)[C@H](OC(C)=O)[C@H]1OC(C)=O. The van der Waals surface area contributed by atoms with Gasteiger partial charge in [0, 0.05) is 27.3 Å². The van der Waals surface area contributed by atoms with E-state index in [1.807, 2.05) is 13.8 Å². The van der Waals surface area contributed by atoms with Gasteiger partial charge in [0.2, 0.25) is 5.95 Å². The van der Waals surface area contributed by atoms with Gasteiger partial charge in [0.15, 0.2) is 29.6 Å². The molecule has 1 saturated heterocycles. The summed E-state index contributed by atoms with van der Waals surface area (Å²) in [6, 6.07) is 0. The first-order valence-electron chi connectivity index (χ1n) is 10.4. The number of rotatable bonds is 8. The van der Waals surface area contributed by atoms with Crippen molar-refractivity contribution in [2.45, 2.75) is 59.2 Å². The number of nitrogens with one attached hydrogen (secondary N) is 2. The Morgan fingerprint density at radius 2 is 1.82 bits per heavy atom. The third-order valence-electron chi connectivity index (χ3n) is 4.73. The van der Waals surface area contributed by atoms with Crippen LogP contribution in [0.3, 0.4) is 0 Å². The Kier molecular flexibility index (Phi) is 7.31.